The van der Waals surface area contributed by atoms with Gasteiger partial charge in [-0.05, 0) is 35.3 Å². The number of nitrogens with one attached hydrogen (secondary N) is 1. The first kappa shape index (κ1) is 19.1. The average molecular weight is 407 g/mol. The van der Waals surface area contributed by atoms with Gasteiger partial charge in [0.05, 0.1) is 12.6 Å². The van der Waals surface area contributed by atoms with Crippen molar-refractivity contribution in [2.24, 2.45) is 0 Å². The minimum absolute atomic E-state index is 0.136. The highest BCUT2D eigenvalue weighted by molar-refractivity contribution is 7.71. The Balaban J connectivity index is 1.92. The monoisotopic (exact) mass is 407 g/mol. The number of aromatic nitrogens is 2. The molecule has 1 aliphatic heterocycles. The summed E-state index contributed by atoms with van der Waals surface area (Å²) in [7, 11) is 0. The van der Waals surface area contributed by atoms with Gasteiger partial charge in [-0.25, -0.2) is 0 Å². The third-order valence-corrected chi connectivity index (χ3v) is 5.67. The van der Waals surface area contributed by atoms with Crippen molar-refractivity contribution in [3.8, 4) is 5.88 Å². The Morgan fingerprint density at radius 3 is 2.59 bits per heavy atom. The molecule has 0 saturated carbocycles. The SMILES string of the molecule is CC(=O)N1CCc2ccccc2[C@@H]1c1c(O)n(Cc2ccccc2)c(=S)[nH]c1=O. The van der Waals surface area contributed by atoms with Gasteiger partial charge >= 0.3 is 0 Å². The summed E-state index contributed by atoms with van der Waals surface area (Å²) in [4.78, 5) is 29.6. The van der Waals surface area contributed by atoms with Gasteiger partial charge in [0.15, 0.2) is 4.77 Å². The van der Waals surface area contributed by atoms with E-state index in [1.807, 2.05) is 54.6 Å². The van der Waals surface area contributed by atoms with Crippen LogP contribution >= 0.6 is 12.2 Å². The Morgan fingerprint density at radius 2 is 1.86 bits per heavy atom. The summed E-state index contributed by atoms with van der Waals surface area (Å²) in [5, 5.41) is 11.1. The third-order valence-electron chi connectivity index (χ3n) is 5.35. The van der Waals surface area contributed by atoms with Crippen LogP contribution in [0.25, 0.3) is 0 Å². The van der Waals surface area contributed by atoms with Gasteiger partial charge in [-0.2, -0.15) is 0 Å². The quantitative estimate of drug-likeness (QED) is 0.654. The zero-order chi connectivity index (χ0) is 20.5. The number of aromatic hydroxyl groups is 1. The normalized spacial score (nSPS) is 15.8. The molecule has 0 bridgehead atoms. The number of hydrogen-bond donors (Lipinski definition) is 2. The van der Waals surface area contributed by atoms with Crippen molar-refractivity contribution in [3.05, 3.63) is 92.0 Å². The van der Waals surface area contributed by atoms with Gasteiger partial charge in [0.25, 0.3) is 5.56 Å². The van der Waals surface area contributed by atoms with E-state index in [2.05, 4.69) is 4.98 Å². The highest BCUT2D eigenvalue weighted by atomic mass is 32.1. The van der Waals surface area contributed by atoms with Crippen molar-refractivity contribution in [1.82, 2.24) is 14.5 Å². The summed E-state index contributed by atoms with van der Waals surface area (Å²) in [6, 6.07) is 16.6. The molecule has 1 amide bonds. The van der Waals surface area contributed by atoms with E-state index in [0.717, 1.165) is 16.7 Å². The number of amides is 1. The molecule has 1 atom stereocenters. The Morgan fingerprint density at radius 1 is 1.17 bits per heavy atom. The molecule has 3 aromatic rings. The molecule has 0 saturated heterocycles. The molecule has 2 heterocycles. The number of nitrogens with zero attached hydrogens (tertiary/aromatic N) is 2. The molecule has 0 fully saturated rings. The van der Waals surface area contributed by atoms with Gasteiger partial charge in [0.1, 0.15) is 5.56 Å². The second-order valence-corrected chi connectivity index (χ2v) is 7.52. The number of rotatable bonds is 3. The lowest BCUT2D eigenvalue weighted by molar-refractivity contribution is -0.130. The van der Waals surface area contributed by atoms with Crippen molar-refractivity contribution in [2.75, 3.05) is 6.54 Å². The van der Waals surface area contributed by atoms with Crippen LogP contribution in [-0.4, -0.2) is 32.0 Å². The van der Waals surface area contributed by atoms with Crippen molar-refractivity contribution < 1.29 is 9.90 Å². The van der Waals surface area contributed by atoms with Crippen molar-refractivity contribution >= 4 is 18.1 Å². The lowest BCUT2D eigenvalue weighted by Gasteiger charge is -2.37. The number of carbonyl (C=O) groups excluding carboxylic acids is 1. The summed E-state index contributed by atoms with van der Waals surface area (Å²) in [6.45, 7) is 2.26. The van der Waals surface area contributed by atoms with E-state index in [1.54, 1.807) is 4.90 Å². The van der Waals surface area contributed by atoms with Crippen LogP contribution < -0.4 is 5.56 Å². The van der Waals surface area contributed by atoms with Crippen LogP contribution in [0.5, 0.6) is 5.88 Å². The molecular weight excluding hydrogens is 386 g/mol. The average Bonchev–Trinajstić information content (AvgIpc) is 2.71. The van der Waals surface area contributed by atoms with Crippen LogP contribution in [0.2, 0.25) is 0 Å². The van der Waals surface area contributed by atoms with E-state index in [4.69, 9.17) is 12.2 Å². The Hall–Kier alpha value is -3.19. The minimum atomic E-state index is -0.668. The van der Waals surface area contributed by atoms with Crippen LogP contribution in [0.15, 0.2) is 59.4 Å². The summed E-state index contributed by atoms with van der Waals surface area (Å²) in [6.07, 6.45) is 0.702. The van der Waals surface area contributed by atoms with Gasteiger partial charge in [0, 0.05) is 13.5 Å². The molecule has 2 aromatic carbocycles. The maximum Gasteiger partial charge on any atom is 0.261 e. The summed E-state index contributed by atoms with van der Waals surface area (Å²) < 4.78 is 1.63. The van der Waals surface area contributed by atoms with Crippen LogP contribution in [0, 0.1) is 4.77 Å². The number of aromatic amines is 1. The first-order valence-corrected chi connectivity index (χ1v) is 9.83. The number of benzene rings is 2. The fourth-order valence-corrected chi connectivity index (χ4v) is 4.20. The van der Waals surface area contributed by atoms with Crippen LogP contribution in [-0.2, 0) is 17.8 Å². The van der Waals surface area contributed by atoms with Crippen LogP contribution in [0.3, 0.4) is 0 Å². The summed E-state index contributed by atoms with van der Waals surface area (Å²) in [5.74, 6) is -0.365. The smallest absolute Gasteiger partial charge is 0.261 e. The van der Waals surface area contributed by atoms with Gasteiger partial charge in [-0.3, -0.25) is 19.1 Å². The van der Waals surface area contributed by atoms with Gasteiger partial charge < -0.3 is 10.0 Å². The highest BCUT2D eigenvalue weighted by Gasteiger charge is 2.35. The molecule has 0 spiro atoms. The van der Waals surface area contributed by atoms with E-state index < -0.39 is 11.6 Å². The van der Waals surface area contributed by atoms with Crippen LogP contribution in [0.1, 0.15) is 35.2 Å². The van der Waals surface area contributed by atoms with E-state index in [1.165, 1.54) is 11.5 Å². The molecule has 6 nitrogen and oxygen atoms in total. The molecule has 148 valence electrons. The molecule has 1 aliphatic rings. The maximum atomic E-state index is 12.9. The largest absolute Gasteiger partial charge is 0.494 e. The van der Waals surface area contributed by atoms with E-state index in [0.29, 0.717) is 19.5 Å². The minimum Gasteiger partial charge on any atom is -0.494 e. The van der Waals surface area contributed by atoms with Crippen LogP contribution in [0.4, 0.5) is 0 Å². The third kappa shape index (κ3) is 3.49. The van der Waals surface area contributed by atoms with Gasteiger partial charge in [-0.1, -0.05) is 54.6 Å². The van der Waals surface area contributed by atoms with E-state index in [9.17, 15) is 14.7 Å². The lowest BCUT2D eigenvalue weighted by atomic mass is 9.89. The first-order chi connectivity index (χ1) is 14.0. The predicted octanol–water partition coefficient (Wildman–Crippen LogP) is 3.15. The molecule has 7 heteroatoms. The number of fused-ring (bicyclic) bond motifs is 1. The number of hydrogen-bond acceptors (Lipinski definition) is 4. The molecule has 29 heavy (non-hydrogen) atoms. The molecule has 0 aliphatic carbocycles. The molecular formula is C22H21N3O3S. The Kier molecular flexibility index (Phi) is 5.07. The highest BCUT2D eigenvalue weighted by Crippen LogP contribution is 2.37. The molecule has 0 radical (unpaired) electrons. The maximum absolute atomic E-state index is 12.9. The van der Waals surface area contributed by atoms with Gasteiger partial charge in [0.2, 0.25) is 11.8 Å². The van der Waals surface area contributed by atoms with Crippen molar-refractivity contribution in [3.63, 3.8) is 0 Å². The van der Waals surface area contributed by atoms with Crippen molar-refractivity contribution in [1.29, 1.82) is 0 Å². The van der Waals surface area contributed by atoms with E-state index >= 15 is 0 Å². The first-order valence-electron chi connectivity index (χ1n) is 9.42. The number of carbonyl (C=O) groups is 1. The predicted molar refractivity (Wildman–Crippen MR) is 112 cm³/mol. The lowest BCUT2D eigenvalue weighted by Crippen LogP contribution is -2.41. The number of H-pyrrole nitrogens is 1. The van der Waals surface area contributed by atoms with Gasteiger partial charge in [-0.15, -0.1) is 0 Å². The second kappa shape index (κ2) is 7.67. The van der Waals surface area contributed by atoms with Crippen molar-refractivity contribution in [2.45, 2.75) is 25.9 Å². The Labute approximate surface area is 173 Å². The fraction of sp³-hybridized carbons (Fsp3) is 0.227. The summed E-state index contributed by atoms with van der Waals surface area (Å²) in [5.41, 5.74) is 2.50. The molecule has 4 rings (SSSR count). The zero-order valence-corrected chi connectivity index (χ0v) is 16.8. The van der Waals surface area contributed by atoms with E-state index in [-0.39, 0.29) is 22.1 Å². The second-order valence-electron chi connectivity index (χ2n) is 7.13. The zero-order valence-electron chi connectivity index (χ0n) is 16.0. The molecule has 2 N–H and O–H groups in total. The fourth-order valence-electron chi connectivity index (χ4n) is 3.95. The Bertz CT molecular complexity index is 1180. The molecule has 1 aromatic heterocycles. The summed E-state index contributed by atoms with van der Waals surface area (Å²) >= 11 is 5.31. The standard InChI is InChI=1S/C22H21N3O3S/c1-14(26)24-12-11-16-9-5-6-10-17(16)19(24)18-20(27)23-22(29)25(21(18)28)13-15-7-3-2-4-8-15/h2-10,19,28H,11-13H2,1H3,(H,23,27,29)/t19-/m1/s1. The topological polar surface area (TPSA) is 78.3 Å². The molecule has 0 unspecified atom stereocenters.